The number of nitrogens with one attached hydrogen (secondary N) is 2. The molecule has 0 saturated carbocycles. The van der Waals surface area contributed by atoms with Crippen LogP contribution >= 0.6 is 0 Å². The molecule has 2 aromatic carbocycles. The first-order chi connectivity index (χ1) is 14.2. The third kappa shape index (κ3) is 4.57. The fraction of sp³-hybridized carbons (Fsp3) is 0.273. The van der Waals surface area contributed by atoms with Crippen LogP contribution in [0.5, 0.6) is 17.2 Å². The number of nitrogens with zero attached hydrogens (tertiary/aromatic N) is 2. The molecule has 1 fully saturated rings. The largest absolute Gasteiger partial charge is 0.493 e. The fourth-order valence-corrected chi connectivity index (χ4v) is 3.35. The number of amides is 1. The number of carbonyl (C=O) groups excluding carboxylic acids is 1. The van der Waals surface area contributed by atoms with E-state index >= 15 is 0 Å². The van der Waals surface area contributed by atoms with Gasteiger partial charge in [-0.15, -0.1) is 0 Å². The molecule has 1 saturated heterocycles. The first-order valence-electron chi connectivity index (χ1n) is 9.71. The molecule has 1 amide bonds. The normalized spacial score (nSPS) is 16.2. The Morgan fingerprint density at radius 2 is 1.93 bits per heavy atom. The van der Waals surface area contributed by atoms with Crippen molar-refractivity contribution < 1.29 is 14.3 Å². The van der Waals surface area contributed by atoms with Crippen molar-refractivity contribution in [2.45, 2.75) is 18.9 Å². The van der Waals surface area contributed by atoms with E-state index in [1.807, 2.05) is 35.1 Å². The number of hydrogen-bond acceptors (Lipinski definition) is 5. The van der Waals surface area contributed by atoms with Crippen molar-refractivity contribution in [1.29, 1.82) is 0 Å². The number of benzene rings is 2. The Hall–Kier alpha value is -3.32. The van der Waals surface area contributed by atoms with Crippen LogP contribution < -0.4 is 20.1 Å². The molecule has 0 spiro atoms. The lowest BCUT2D eigenvalue weighted by Crippen LogP contribution is -2.32. The van der Waals surface area contributed by atoms with Crippen LogP contribution in [-0.4, -0.2) is 35.9 Å². The number of aromatic nitrogens is 2. The van der Waals surface area contributed by atoms with E-state index in [1.165, 1.54) is 0 Å². The van der Waals surface area contributed by atoms with E-state index in [1.54, 1.807) is 37.4 Å². The Labute approximate surface area is 169 Å². The Bertz CT molecular complexity index is 962. The molecule has 1 aliphatic rings. The molecule has 7 heteroatoms. The Morgan fingerprint density at radius 3 is 2.66 bits per heavy atom. The summed E-state index contributed by atoms with van der Waals surface area (Å²) in [6, 6.07) is 16.7. The Balaban J connectivity index is 1.38. The zero-order valence-corrected chi connectivity index (χ0v) is 16.3. The zero-order chi connectivity index (χ0) is 20.1. The maximum atomic E-state index is 12.5. The van der Waals surface area contributed by atoms with E-state index in [2.05, 4.69) is 15.7 Å². The van der Waals surface area contributed by atoms with Gasteiger partial charge in [0.1, 0.15) is 5.75 Å². The summed E-state index contributed by atoms with van der Waals surface area (Å²) in [7, 11) is 1.60. The van der Waals surface area contributed by atoms with E-state index in [0.29, 0.717) is 34.7 Å². The predicted octanol–water partition coefficient (Wildman–Crippen LogP) is 3.86. The molecule has 29 heavy (non-hydrogen) atoms. The van der Waals surface area contributed by atoms with Crippen LogP contribution in [-0.2, 0) is 0 Å². The SMILES string of the molecule is COc1ccccc1Oc1ccc(NC(=O)c2ccn(C3CCCNC3)n2)cc1. The molecule has 7 nitrogen and oxygen atoms in total. The number of para-hydroxylation sites is 2. The standard InChI is InChI=1S/C22H24N4O3/c1-28-20-6-2-3-7-21(20)29-18-10-8-16(9-11-18)24-22(27)19-12-14-26(25-19)17-5-4-13-23-15-17/h2-3,6-12,14,17,23H,4-5,13,15H2,1H3,(H,24,27). The van der Waals surface area contributed by atoms with Crippen LogP contribution in [0.25, 0.3) is 0 Å². The summed E-state index contributed by atoms with van der Waals surface area (Å²) in [5.41, 5.74) is 1.08. The van der Waals surface area contributed by atoms with Crippen LogP contribution in [0.15, 0.2) is 60.8 Å². The van der Waals surface area contributed by atoms with Gasteiger partial charge in [0.15, 0.2) is 17.2 Å². The maximum absolute atomic E-state index is 12.5. The lowest BCUT2D eigenvalue weighted by Gasteiger charge is -2.22. The molecule has 150 valence electrons. The first-order valence-corrected chi connectivity index (χ1v) is 9.71. The number of hydrogen-bond donors (Lipinski definition) is 2. The molecular formula is C22H24N4O3. The molecule has 2 heterocycles. The van der Waals surface area contributed by atoms with Gasteiger partial charge in [0.25, 0.3) is 5.91 Å². The number of ether oxygens (including phenoxy) is 2. The highest BCUT2D eigenvalue weighted by Crippen LogP contribution is 2.31. The minimum atomic E-state index is -0.231. The average molecular weight is 392 g/mol. The second-order valence-electron chi connectivity index (χ2n) is 6.91. The number of piperidine rings is 1. The molecule has 1 aromatic heterocycles. The number of carbonyl (C=O) groups is 1. The number of anilines is 1. The van der Waals surface area contributed by atoms with Crippen LogP contribution in [0.3, 0.4) is 0 Å². The van der Waals surface area contributed by atoms with Crippen molar-refractivity contribution in [3.8, 4) is 17.2 Å². The van der Waals surface area contributed by atoms with Crippen molar-refractivity contribution in [1.82, 2.24) is 15.1 Å². The van der Waals surface area contributed by atoms with Gasteiger partial charge in [0.2, 0.25) is 0 Å². The summed E-state index contributed by atoms with van der Waals surface area (Å²) in [6.45, 7) is 1.93. The second-order valence-corrected chi connectivity index (χ2v) is 6.91. The molecule has 0 radical (unpaired) electrons. The minimum Gasteiger partial charge on any atom is -0.493 e. The van der Waals surface area contributed by atoms with Crippen LogP contribution in [0.2, 0.25) is 0 Å². The van der Waals surface area contributed by atoms with Gasteiger partial charge in [-0.1, -0.05) is 12.1 Å². The Morgan fingerprint density at radius 1 is 1.14 bits per heavy atom. The van der Waals surface area contributed by atoms with Gasteiger partial charge in [-0.2, -0.15) is 5.10 Å². The highest BCUT2D eigenvalue weighted by Gasteiger charge is 2.17. The van der Waals surface area contributed by atoms with Gasteiger partial charge in [-0.25, -0.2) is 0 Å². The smallest absolute Gasteiger partial charge is 0.276 e. The van der Waals surface area contributed by atoms with E-state index in [-0.39, 0.29) is 5.91 Å². The Kier molecular flexibility index (Phi) is 5.76. The van der Waals surface area contributed by atoms with Crippen molar-refractivity contribution in [3.05, 3.63) is 66.5 Å². The van der Waals surface area contributed by atoms with Crippen LogP contribution in [0.1, 0.15) is 29.4 Å². The highest BCUT2D eigenvalue weighted by atomic mass is 16.5. The molecule has 2 N–H and O–H groups in total. The van der Waals surface area contributed by atoms with Gasteiger partial charge in [-0.3, -0.25) is 9.48 Å². The number of rotatable bonds is 6. The summed E-state index contributed by atoms with van der Waals surface area (Å²) >= 11 is 0. The topological polar surface area (TPSA) is 77.4 Å². The average Bonchev–Trinajstić information content (AvgIpc) is 3.27. The van der Waals surface area contributed by atoms with E-state index in [4.69, 9.17) is 9.47 Å². The molecule has 1 atom stereocenters. The molecule has 4 rings (SSSR count). The van der Waals surface area contributed by atoms with Gasteiger partial charge in [0.05, 0.1) is 13.2 Å². The highest BCUT2D eigenvalue weighted by molar-refractivity contribution is 6.02. The molecule has 3 aromatic rings. The van der Waals surface area contributed by atoms with Gasteiger partial charge >= 0.3 is 0 Å². The summed E-state index contributed by atoms with van der Waals surface area (Å²) in [4.78, 5) is 12.5. The van der Waals surface area contributed by atoms with E-state index < -0.39 is 0 Å². The molecule has 0 aliphatic carbocycles. The van der Waals surface area contributed by atoms with Crippen molar-refractivity contribution in [2.24, 2.45) is 0 Å². The summed E-state index contributed by atoms with van der Waals surface area (Å²) in [5, 5.41) is 10.7. The summed E-state index contributed by atoms with van der Waals surface area (Å²) in [6.07, 6.45) is 4.06. The van der Waals surface area contributed by atoms with Gasteiger partial charge in [-0.05, 0) is 61.9 Å². The van der Waals surface area contributed by atoms with E-state index in [9.17, 15) is 4.79 Å². The van der Waals surface area contributed by atoms with Gasteiger partial charge in [0, 0.05) is 18.4 Å². The third-order valence-electron chi connectivity index (χ3n) is 4.90. The fourth-order valence-electron chi connectivity index (χ4n) is 3.35. The van der Waals surface area contributed by atoms with Gasteiger partial charge < -0.3 is 20.1 Å². The number of methoxy groups -OCH3 is 1. The monoisotopic (exact) mass is 392 g/mol. The molecule has 1 aliphatic heterocycles. The molecular weight excluding hydrogens is 368 g/mol. The lowest BCUT2D eigenvalue weighted by atomic mass is 10.1. The summed E-state index contributed by atoms with van der Waals surface area (Å²) in [5.74, 6) is 1.72. The molecule has 1 unspecified atom stereocenters. The third-order valence-corrected chi connectivity index (χ3v) is 4.90. The maximum Gasteiger partial charge on any atom is 0.276 e. The molecule has 0 bridgehead atoms. The predicted molar refractivity (Wildman–Crippen MR) is 111 cm³/mol. The minimum absolute atomic E-state index is 0.231. The zero-order valence-electron chi connectivity index (χ0n) is 16.3. The van der Waals surface area contributed by atoms with Crippen LogP contribution in [0.4, 0.5) is 5.69 Å². The van der Waals surface area contributed by atoms with E-state index in [0.717, 1.165) is 25.9 Å². The van der Waals surface area contributed by atoms with Crippen LogP contribution in [0, 0.1) is 0 Å². The van der Waals surface area contributed by atoms with Crippen molar-refractivity contribution in [2.75, 3.05) is 25.5 Å². The van der Waals surface area contributed by atoms with Crippen molar-refractivity contribution in [3.63, 3.8) is 0 Å². The summed E-state index contributed by atoms with van der Waals surface area (Å²) < 4.78 is 13.0. The first kappa shape index (κ1) is 19.0. The second kappa shape index (κ2) is 8.79. The lowest BCUT2D eigenvalue weighted by molar-refractivity contribution is 0.102. The van der Waals surface area contributed by atoms with Crippen molar-refractivity contribution >= 4 is 11.6 Å². The quantitative estimate of drug-likeness (QED) is 0.666.